The predicted octanol–water partition coefficient (Wildman–Crippen LogP) is 4.26. The molecule has 0 bridgehead atoms. The molecule has 3 heteroatoms. The zero-order valence-electron chi connectivity index (χ0n) is 13.7. The van der Waals surface area contributed by atoms with Gasteiger partial charge in [-0.15, -0.1) is 0 Å². The van der Waals surface area contributed by atoms with E-state index in [-0.39, 0.29) is 0 Å². The lowest BCUT2D eigenvalue weighted by Crippen LogP contribution is -2.47. The fraction of sp³-hybridized carbons (Fsp3) is 0.647. The highest BCUT2D eigenvalue weighted by molar-refractivity contribution is 5.79. The van der Waals surface area contributed by atoms with Crippen LogP contribution < -0.4 is 14.5 Å². The van der Waals surface area contributed by atoms with Crippen LogP contribution in [0.25, 0.3) is 0 Å². The number of hydrogen-bond acceptors (Lipinski definition) is 3. The van der Waals surface area contributed by atoms with Crippen LogP contribution in [-0.2, 0) is 0 Å². The Morgan fingerprint density at radius 2 is 1.65 bits per heavy atom. The van der Waals surface area contributed by atoms with Gasteiger partial charge in [-0.05, 0) is 53.2 Å². The molecule has 0 amide bonds. The number of rotatable bonds is 5. The monoisotopic (exact) mass is 276 g/mol. The molecule has 3 nitrogen and oxygen atoms in total. The van der Waals surface area contributed by atoms with Crippen LogP contribution in [-0.4, -0.2) is 24.9 Å². The Labute approximate surface area is 123 Å². The molecule has 0 fully saturated rings. The average molecular weight is 276 g/mol. The van der Waals surface area contributed by atoms with Crippen molar-refractivity contribution in [3.05, 3.63) is 18.2 Å². The highest BCUT2D eigenvalue weighted by Gasteiger charge is 2.35. The van der Waals surface area contributed by atoms with Gasteiger partial charge in [0.25, 0.3) is 0 Å². The van der Waals surface area contributed by atoms with Crippen LogP contribution in [0.1, 0.15) is 48.0 Å². The molecule has 1 aromatic rings. The fourth-order valence-electron chi connectivity index (χ4n) is 3.19. The zero-order chi connectivity index (χ0) is 14.9. The standard InChI is InChI=1S/C17H28N2O/c1-7-10-20-15-8-9-16-17(11-15)19(13(4)5)14(6)18(16)12(2)3/h8-9,11-14H,7,10H2,1-6H3. The number of hydrogen-bond donors (Lipinski definition) is 0. The third kappa shape index (κ3) is 2.58. The molecule has 1 aromatic carbocycles. The van der Waals surface area contributed by atoms with Crippen LogP contribution in [0.4, 0.5) is 11.4 Å². The van der Waals surface area contributed by atoms with Gasteiger partial charge in [-0.3, -0.25) is 0 Å². The van der Waals surface area contributed by atoms with Gasteiger partial charge >= 0.3 is 0 Å². The first kappa shape index (κ1) is 15.0. The summed E-state index contributed by atoms with van der Waals surface area (Å²) in [5.41, 5.74) is 2.62. The van der Waals surface area contributed by atoms with E-state index in [0.29, 0.717) is 18.2 Å². The van der Waals surface area contributed by atoms with Crippen molar-refractivity contribution in [3.8, 4) is 5.75 Å². The summed E-state index contributed by atoms with van der Waals surface area (Å²) in [5, 5.41) is 0. The first-order chi connectivity index (χ1) is 9.47. The van der Waals surface area contributed by atoms with Gasteiger partial charge in [-0.1, -0.05) is 6.92 Å². The second kappa shape index (κ2) is 5.94. The van der Waals surface area contributed by atoms with E-state index in [1.165, 1.54) is 11.4 Å². The maximum absolute atomic E-state index is 5.79. The van der Waals surface area contributed by atoms with Crippen LogP contribution in [0, 0.1) is 0 Å². The van der Waals surface area contributed by atoms with E-state index < -0.39 is 0 Å². The number of nitrogens with zero attached hydrogens (tertiary/aromatic N) is 2. The largest absolute Gasteiger partial charge is 0.494 e. The second-order valence-electron chi connectivity index (χ2n) is 6.13. The molecule has 0 saturated carbocycles. The molecule has 112 valence electrons. The van der Waals surface area contributed by atoms with Crippen LogP contribution in [0.2, 0.25) is 0 Å². The van der Waals surface area contributed by atoms with Gasteiger partial charge < -0.3 is 14.5 Å². The smallest absolute Gasteiger partial charge is 0.121 e. The molecule has 1 aliphatic rings. The third-order valence-electron chi connectivity index (χ3n) is 3.89. The van der Waals surface area contributed by atoms with Crippen molar-refractivity contribution in [3.63, 3.8) is 0 Å². The van der Waals surface area contributed by atoms with E-state index in [9.17, 15) is 0 Å². The van der Waals surface area contributed by atoms with Crippen molar-refractivity contribution in [1.82, 2.24) is 0 Å². The van der Waals surface area contributed by atoms with E-state index in [4.69, 9.17) is 4.74 Å². The molecule has 1 atom stereocenters. The first-order valence-corrected chi connectivity index (χ1v) is 7.80. The van der Waals surface area contributed by atoms with Crippen molar-refractivity contribution in [1.29, 1.82) is 0 Å². The average Bonchev–Trinajstić information content (AvgIpc) is 2.67. The summed E-state index contributed by atoms with van der Waals surface area (Å²) in [6, 6.07) is 7.48. The summed E-state index contributed by atoms with van der Waals surface area (Å²) in [5.74, 6) is 0.981. The molecular weight excluding hydrogens is 248 g/mol. The van der Waals surface area contributed by atoms with Gasteiger partial charge in [0.05, 0.1) is 24.1 Å². The summed E-state index contributed by atoms with van der Waals surface area (Å²) in [4.78, 5) is 4.97. The lowest BCUT2D eigenvalue weighted by atomic mass is 10.2. The van der Waals surface area contributed by atoms with E-state index >= 15 is 0 Å². The highest BCUT2D eigenvalue weighted by Crippen LogP contribution is 2.43. The Kier molecular flexibility index (Phi) is 4.46. The summed E-state index contributed by atoms with van der Waals surface area (Å²) >= 11 is 0. The normalized spacial score (nSPS) is 18.1. The summed E-state index contributed by atoms with van der Waals surface area (Å²) < 4.78 is 5.79. The molecule has 0 aromatic heterocycles. The van der Waals surface area contributed by atoms with Crippen molar-refractivity contribution < 1.29 is 4.74 Å². The number of anilines is 2. The molecule has 0 radical (unpaired) electrons. The second-order valence-corrected chi connectivity index (χ2v) is 6.13. The summed E-state index contributed by atoms with van der Waals surface area (Å²) in [6.45, 7) is 14.2. The molecule has 1 aliphatic heterocycles. The van der Waals surface area contributed by atoms with Gasteiger partial charge in [0.1, 0.15) is 5.75 Å². The Hall–Kier alpha value is -1.38. The van der Waals surface area contributed by atoms with Crippen molar-refractivity contribution >= 4 is 11.4 Å². The maximum atomic E-state index is 5.79. The molecule has 0 spiro atoms. The number of fused-ring (bicyclic) bond motifs is 1. The predicted molar refractivity (Wildman–Crippen MR) is 86.9 cm³/mol. The highest BCUT2D eigenvalue weighted by atomic mass is 16.5. The lowest BCUT2D eigenvalue weighted by Gasteiger charge is -2.35. The first-order valence-electron chi connectivity index (χ1n) is 7.80. The van der Waals surface area contributed by atoms with Gasteiger partial charge in [-0.25, -0.2) is 0 Å². The van der Waals surface area contributed by atoms with Crippen molar-refractivity contribution in [2.75, 3.05) is 16.4 Å². The van der Waals surface area contributed by atoms with Crippen LogP contribution >= 0.6 is 0 Å². The van der Waals surface area contributed by atoms with Crippen LogP contribution in [0.15, 0.2) is 18.2 Å². The Balaban J connectivity index is 2.39. The minimum atomic E-state index is 0.395. The molecule has 1 unspecified atom stereocenters. The molecular formula is C17H28N2O. The molecule has 0 saturated heterocycles. The van der Waals surface area contributed by atoms with Crippen molar-refractivity contribution in [2.24, 2.45) is 0 Å². The molecule has 0 N–H and O–H groups in total. The quantitative estimate of drug-likeness (QED) is 0.799. The van der Waals surface area contributed by atoms with Gasteiger partial charge in [-0.2, -0.15) is 0 Å². The molecule has 20 heavy (non-hydrogen) atoms. The Morgan fingerprint density at radius 3 is 2.20 bits per heavy atom. The Morgan fingerprint density at radius 1 is 1.05 bits per heavy atom. The zero-order valence-corrected chi connectivity index (χ0v) is 13.7. The minimum absolute atomic E-state index is 0.395. The Bertz CT molecular complexity index is 456. The number of benzene rings is 1. The lowest BCUT2D eigenvalue weighted by molar-refractivity contribution is 0.317. The van der Waals surface area contributed by atoms with E-state index in [1.54, 1.807) is 0 Å². The topological polar surface area (TPSA) is 15.7 Å². The van der Waals surface area contributed by atoms with Crippen molar-refractivity contribution in [2.45, 2.75) is 66.2 Å². The maximum Gasteiger partial charge on any atom is 0.121 e. The van der Waals surface area contributed by atoms with Crippen LogP contribution in [0.3, 0.4) is 0 Å². The van der Waals surface area contributed by atoms with E-state index in [2.05, 4.69) is 69.5 Å². The minimum Gasteiger partial charge on any atom is -0.494 e. The fourth-order valence-corrected chi connectivity index (χ4v) is 3.19. The van der Waals surface area contributed by atoms with E-state index in [0.717, 1.165) is 18.8 Å². The third-order valence-corrected chi connectivity index (χ3v) is 3.89. The summed E-state index contributed by atoms with van der Waals surface area (Å²) in [6.07, 6.45) is 1.44. The van der Waals surface area contributed by atoms with E-state index in [1.807, 2.05) is 0 Å². The number of ether oxygens (including phenoxy) is 1. The van der Waals surface area contributed by atoms with Crippen LogP contribution in [0.5, 0.6) is 5.75 Å². The molecule has 1 heterocycles. The van der Waals surface area contributed by atoms with Gasteiger partial charge in [0.2, 0.25) is 0 Å². The summed E-state index contributed by atoms with van der Waals surface area (Å²) in [7, 11) is 0. The van der Waals surface area contributed by atoms with Gasteiger partial charge in [0.15, 0.2) is 0 Å². The van der Waals surface area contributed by atoms with Gasteiger partial charge in [0, 0.05) is 18.2 Å². The molecule has 0 aliphatic carbocycles. The molecule has 2 rings (SSSR count). The SMILES string of the molecule is CCCOc1ccc2c(c1)N(C(C)C)C(C)N2C(C)C.